The third-order valence-corrected chi connectivity index (χ3v) is 3.96. The molecule has 21 heavy (non-hydrogen) atoms. The number of hydrogen-bond donors (Lipinski definition) is 2. The molecular formula is C15H19F2N3S. The summed E-state index contributed by atoms with van der Waals surface area (Å²) in [6.07, 6.45) is 6.20. The van der Waals surface area contributed by atoms with E-state index < -0.39 is 11.6 Å². The lowest BCUT2D eigenvalue weighted by molar-refractivity contribution is 0.308. The highest BCUT2D eigenvalue weighted by molar-refractivity contribution is 7.80. The molecule has 0 bridgehead atoms. The summed E-state index contributed by atoms with van der Waals surface area (Å²) >= 11 is 5.18. The van der Waals surface area contributed by atoms with Crippen molar-refractivity contribution in [1.82, 2.24) is 10.7 Å². The van der Waals surface area contributed by atoms with Gasteiger partial charge in [0.15, 0.2) is 16.7 Å². The van der Waals surface area contributed by atoms with Gasteiger partial charge in [-0.05, 0) is 48.7 Å². The van der Waals surface area contributed by atoms with Crippen LogP contribution in [0.1, 0.15) is 38.2 Å². The monoisotopic (exact) mass is 311 g/mol. The Morgan fingerprint density at radius 2 is 2.05 bits per heavy atom. The second-order valence-corrected chi connectivity index (χ2v) is 5.79. The van der Waals surface area contributed by atoms with Crippen molar-refractivity contribution in [2.45, 2.75) is 38.6 Å². The fourth-order valence-corrected chi connectivity index (χ4v) is 2.69. The van der Waals surface area contributed by atoms with E-state index in [0.717, 1.165) is 18.6 Å². The Bertz CT molecular complexity index is 534. The number of benzene rings is 1. The number of hydrogen-bond acceptors (Lipinski definition) is 2. The molecule has 0 radical (unpaired) electrons. The highest BCUT2D eigenvalue weighted by Gasteiger charge is 2.21. The van der Waals surface area contributed by atoms with Gasteiger partial charge >= 0.3 is 0 Å². The number of nitrogens with one attached hydrogen (secondary N) is 2. The summed E-state index contributed by atoms with van der Waals surface area (Å²) in [5.74, 6) is -1.17. The topological polar surface area (TPSA) is 36.4 Å². The molecule has 0 heterocycles. The van der Waals surface area contributed by atoms with Crippen molar-refractivity contribution in [2.24, 2.45) is 11.0 Å². The Balaban J connectivity index is 1.82. The standard InChI is InChI=1S/C15H19F2N3S/c1-10-4-2-3-5-14(10)19-15(21)20-18-9-11-6-7-12(16)13(17)8-11/h6-10,14H,2-5H2,1H3,(H2,19,20,21)/b18-9-/t10-,14+/m0/s1. The van der Waals surface area contributed by atoms with Crippen molar-refractivity contribution < 1.29 is 8.78 Å². The van der Waals surface area contributed by atoms with E-state index in [1.54, 1.807) is 0 Å². The van der Waals surface area contributed by atoms with E-state index in [4.69, 9.17) is 12.2 Å². The first-order chi connectivity index (χ1) is 10.1. The Morgan fingerprint density at radius 1 is 1.29 bits per heavy atom. The molecule has 1 fully saturated rings. The first-order valence-corrected chi connectivity index (χ1v) is 7.51. The molecule has 1 aliphatic carbocycles. The van der Waals surface area contributed by atoms with Gasteiger partial charge in [-0.3, -0.25) is 5.43 Å². The van der Waals surface area contributed by atoms with Crippen molar-refractivity contribution in [3.05, 3.63) is 35.4 Å². The summed E-state index contributed by atoms with van der Waals surface area (Å²) < 4.78 is 25.8. The molecule has 1 aliphatic rings. The zero-order valence-electron chi connectivity index (χ0n) is 11.9. The molecule has 2 rings (SSSR count). The molecule has 1 saturated carbocycles. The first-order valence-electron chi connectivity index (χ1n) is 7.11. The molecule has 6 heteroatoms. The van der Waals surface area contributed by atoms with E-state index in [-0.39, 0.29) is 0 Å². The van der Waals surface area contributed by atoms with Gasteiger partial charge in [0.05, 0.1) is 6.21 Å². The molecule has 114 valence electrons. The zero-order valence-corrected chi connectivity index (χ0v) is 12.7. The van der Waals surface area contributed by atoms with Gasteiger partial charge in [-0.15, -0.1) is 0 Å². The van der Waals surface area contributed by atoms with E-state index in [1.165, 1.54) is 31.5 Å². The van der Waals surface area contributed by atoms with E-state index in [9.17, 15) is 8.78 Å². The number of rotatable bonds is 3. The normalized spacial score (nSPS) is 22.2. The van der Waals surface area contributed by atoms with Crippen LogP contribution in [0.5, 0.6) is 0 Å². The van der Waals surface area contributed by atoms with E-state index >= 15 is 0 Å². The van der Waals surface area contributed by atoms with Crippen LogP contribution in [0.2, 0.25) is 0 Å². The SMILES string of the molecule is C[C@H]1CCCC[C@H]1NC(=S)N/N=C\c1ccc(F)c(F)c1. The maximum absolute atomic E-state index is 13.0. The van der Waals surface area contributed by atoms with Gasteiger partial charge < -0.3 is 5.32 Å². The minimum atomic E-state index is -0.893. The van der Waals surface area contributed by atoms with Crippen molar-refractivity contribution in [3.8, 4) is 0 Å². The predicted octanol–water partition coefficient (Wildman–Crippen LogP) is 3.34. The maximum Gasteiger partial charge on any atom is 0.187 e. The molecule has 2 atom stereocenters. The summed E-state index contributed by atoms with van der Waals surface area (Å²) in [4.78, 5) is 0. The minimum absolute atomic E-state index is 0.372. The Morgan fingerprint density at radius 3 is 2.76 bits per heavy atom. The molecule has 3 nitrogen and oxygen atoms in total. The fraction of sp³-hybridized carbons (Fsp3) is 0.467. The predicted molar refractivity (Wildman–Crippen MR) is 84.2 cm³/mol. The molecule has 0 saturated heterocycles. The van der Waals surface area contributed by atoms with Crippen LogP contribution in [0.25, 0.3) is 0 Å². The lowest BCUT2D eigenvalue weighted by atomic mass is 9.86. The number of nitrogens with zero attached hydrogens (tertiary/aromatic N) is 1. The van der Waals surface area contributed by atoms with Gasteiger partial charge in [-0.25, -0.2) is 8.78 Å². The van der Waals surface area contributed by atoms with Gasteiger partial charge in [0.2, 0.25) is 0 Å². The molecule has 0 aromatic heterocycles. The average Bonchev–Trinajstić information content (AvgIpc) is 2.45. The van der Waals surface area contributed by atoms with Crippen molar-refractivity contribution in [1.29, 1.82) is 0 Å². The summed E-state index contributed by atoms with van der Waals surface area (Å²) in [7, 11) is 0. The van der Waals surface area contributed by atoms with Crippen LogP contribution >= 0.6 is 12.2 Å². The molecule has 1 aromatic rings. The number of halogens is 2. The molecule has 1 aromatic carbocycles. The largest absolute Gasteiger partial charge is 0.358 e. The van der Waals surface area contributed by atoms with Crippen molar-refractivity contribution in [3.63, 3.8) is 0 Å². The lowest BCUT2D eigenvalue weighted by Crippen LogP contribution is -2.44. The minimum Gasteiger partial charge on any atom is -0.358 e. The van der Waals surface area contributed by atoms with Gasteiger partial charge in [0, 0.05) is 6.04 Å². The zero-order chi connectivity index (χ0) is 15.2. The summed E-state index contributed by atoms with van der Waals surface area (Å²) in [6, 6.07) is 3.97. The van der Waals surface area contributed by atoms with Gasteiger partial charge in [-0.2, -0.15) is 5.10 Å². The Labute approximate surface area is 128 Å². The average molecular weight is 311 g/mol. The van der Waals surface area contributed by atoms with Crippen LogP contribution in [-0.2, 0) is 0 Å². The molecule has 0 aliphatic heterocycles. The summed E-state index contributed by atoms with van der Waals surface area (Å²) in [6.45, 7) is 2.21. The third kappa shape index (κ3) is 4.74. The van der Waals surface area contributed by atoms with Crippen LogP contribution < -0.4 is 10.7 Å². The smallest absolute Gasteiger partial charge is 0.187 e. The van der Waals surface area contributed by atoms with E-state index in [1.807, 2.05) is 0 Å². The molecule has 0 unspecified atom stereocenters. The van der Waals surface area contributed by atoms with E-state index in [0.29, 0.717) is 22.6 Å². The van der Waals surface area contributed by atoms with Crippen LogP contribution in [0.4, 0.5) is 8.78 Å². The Hall–Kier alpha value is -1.56. The quantitative estimate of drug-likeness (QED) is 0.511. The van der Waals surface area contributed by atoms with Crippen molar-refractivity contribution in [2.75, 3.05) is 0 Å². The highest BCUT2D eigenvalue weighted by atomic mass is 32.1. The van der Waals surface area contributed by atoms with Crippen molar-refractivity contribution >= 4 is 23.5 Å². The van der Waals surface area contributed by atoms with Crippen LogP contribution in [0, 0.1) is 17.6 Å². The third-order valence-electron chi connectivity index (χ3n) is 3.75. The van der Waals surface area contributed by atoms with Gasteiger partial charge in [0.1, 0.15) is 0 Å². The second-order valence-electron chi connectivity index (χ2n) is 5.39. The summed E-state index contributed by atoms with van der Waals surface area (Å²) in [5, 5.41) is 7.63. The molecular weight excluding hydrogens is 292 g/mol. The summed E-state index contributed by atoms with van der Waals surface area (Å²) in [5.41, 5.74) is 3.17. The molecule has 0 spiro atoms. The Kier molecular flexibility index (Phi) is 5.61. The number of hydrazone groups is 1. The second kappa shape index (κ2) is 7.45. The number of thiocarbonyl (C=S) groups is 1. The fourth-order valence-electron chi connectivity index (χ4n) is 2.49. The lowest BCUT2D eigenvalue weighted by Gasteiger charge is -2.30. The van der Waals surface area contributed by atoms with Crippen LogP contribution in [-0.4, -0.2) is 17.4 Å². The van der Waals surface area contributed by atoms with Gasteiger partial charge in [-0.1, -0.05) is 25.8 Å². The van der Waals surface area contributed by atoms with Gasteiger partial charge in [0.25, 0.3) is 0 Å². The molecule has 0 amide bonds. The van der Waals surface area contributed by atoms with Crippen LogP contribution in [0.15, 0.2) is 23.3 Å². The highest BCUT2D eigenvalue weighted by Crippen LogP contribution is 2.23. The maximum atomic E-state index is 13.0. The first kappa shape index (κ1) is 15.8. The molecule has 2 N–H and O–H groups in total. The van der Waals surface area contributed by atoms with Crippen LogP contribution in [0.3, 0.4) is 0 Å². The van der Waals surface area contributed by atoms with E-state index in [2.05, 4.69) is 22.8 Å².